The Kier molecular flexibility index (Phi) is 4.11. The number of amides is 1. The molecule has 3 N–H and O–H groups in total. The molecule has 0 unspecified atom stereocenters. The van der Waals surface area contributed by atoms with E-state index in [9.17, 15) is 4.79 Å². The number of nitrogen functional groups attached to an aromatic ring is 1. The zero-order valence-corrected chi connectivity index (χ0v) is 10.9. The van der Waals surface area contributed by atoms with Gasteiger partial charge in [-0.05, 0) is 17.7 Å². The Balaban J connectivity index is 1.84. The molecule has 0 aliphatic rings. The highest BCUT2D eigenvalue weighted by Crippen LogP contribution is 2.11. The zero-order valence-electron chi connectivity index (χ0n) is 10.1. The highest BCUT2D eigenvalue weighted by Gasteiger charge is 2.06. The zero-order chi connectivity index (χ0) is 13.7. The minimum absolute atomic E-state index is 0.102. The van der Waals surface area contributed by atoms with Gasteiger partial charge in [0.25, 0.3) is 0 Å². The molecule has 0 spiro atoms. The first kappa shape index (κ1) is 13.1. The van der Waals surface area contributed by atoms with Crippen LogP contribution in [-0.4, -0.2) is 10.9 Å². The summed E-state index contributed by atoms with van der Waals surface area (Å²) in [6.07, 6.45) is 0.226. The third-order valence-corrected chi connectivity index (χ3v) is 3.21. The normalized spacial score (nSPS) is 9.84. The fourth-order valence-corrected chi connectivity index (χ4v) is 2.09. The molecule has 1 aromatic heterocycles. The Morgan fingerprint density at radius 2 is 2.16 bits per heavy atom. The van der Waals surface area contributed by atoms with Gasteiger partial charge in [0, 0.05) is 11.9 Å². The highest BCUT2D eigenvalue weighted by atomic mass is 32.1. The predicted molar refractivity (Wildman–Crippen MR) is 73.2 cm³/mol. The van der Waals surface area contributed by atoms with Crippen LogP contribution in [0.3, 0.4) is 0 Å². The molecule has 5 nitrogen and oxygen atoms in total. The number of benzene rings is 1. The van der Waals surface area contributed by atoms with Crippen molar-refractivity contribution in [2.24, 2.45) is 0 Å². The van der Waals surface area contributed by atoms with E-state index in [4.69, 9.17) is 11.0 Å². The number of nitrogens with zero attached hydrogens (tertiary/aromatic N) is 2. The van der Waals surface area contributed by atoms with Crippen LogP contribution in [0.5, 0.6) is 0 Å². The van der Waals surface area contributed by atoms with Crippen LogP contribution in [0.25, 0.3) is 0 Å². The van der Waals surface area contributed by atoms with Crippen LogP contribution in [0.1, 0.15) is 16.8 Å². The fraction of sp³-hybridized carbons (Fsp3) is 0.154. The molecule has 0 bridgehead atoms. The average molecular weight is 272 g/mol. The smallest absolute Gasteiger partial charge is 0.226 e. The summed E-state index contributed by atoms with van der Waals surface area (Å²) in [7, 11) is 0. The maximum absolute atomic E-state index is 11.7. The van der Waals surface area contributed by atoms with Crippen LogP contribution in [0.4, 0.5) is 5.13 Å². The standard InChI is InChI=1S/C13H12N4OS/c14-6-9-1-3-10(4-2-9)7-16-12(18)5-11-8-19-13(15)17-11/h1-4,8H,5,7H2,(H2,15,17)(H,16,18). The summed E-state index contributed by atoms with van der Waals surface area (Å²) in [4.78, 5) is 15.7. The van der Waals surface area contributed by atoms with Crippen molar-refractivity contribution < 1.29 is 4.79 Å². The molecule has 0 fully saturated rings. The molecule has 0 saturated carbocycles. The summed E-state index contributed by atoms with van der Waals surface area (Å²) in [6.45, 7) is 0.435. The number of carbonyl (C=O) groups is 1. The monoisotopic (exact) mass is 272 g/mol. The van der Waals surface area contributed by atoms with E-state index in [2.05, 4.69) is 10.3 Å². The Morgan fingerprint density at radius 3 is 2.74 bits per heavy atom. The topological polar surface area (TPSA) is 91.8 Å². The van der Waals surface area contributed by atoms with Gasteiger partial charge in [0.05, 0.1) is 23.7 Å². The number of aromatic nitrogens is 1. The van der Waals surface area contributed by atoms with E-state index in [1.54, 1.807) is 17.5 Å². The largest absolute Gasteiger partial charge is 0.375 e. The van der Waals surface area contributed by atoms with Gasteiger partial charge in [0.1, 0.15) is 0 Å². The van der Waals surface area contributed by atoms with Crippen molar-refractivity contribution in [3.63, 3.8) is 0 Å². The first-order valence-electron chi connectivity index (χ1n) is 5.63. The molecular formula is C13H12N4OS. The molecule has 0 radical (unpaired) electrons. The molecule has 0 atom stereocenters. The summed E-state index contributed by atoms with van der Waals surface area (Å²) in [5.41, 5.74) is 7.73. The lowest BCUT2D eigenvalue weighted by Gasteiger charge is -2.04. The first-order chi connectivity index (χ1) is 9.17. The quantitative estimate of drug-likeness (QED) is 0.881. The number of carbonyl (C=O) groups excluding carboxylic acids is 1. The van der Waals surface area contributed by atoms with Gasteiger partial charge in [0.15, 0.2) is 5.13 Å². The van der Waals surface area contributed by atoms with E-state index in [-0.39, 0.29) is 12.3 Å². The van der Waals surface area contributed by atoms with Gasteiger partial charge in [0.2, 0.25) is 5.91 Å². The second-order valence-corrected chi connectivity index (χ2v) is 4.83. The van der Waals surface area contributed by atoms with Gasteiger partial charge in [-0.1, -0.05) is 12.1 Å². The van der Waals surface area contributed by atoms with Crippen LogP contribution in [-0.2, 0) is 17.8 Å². The van der Waals surface area contributed by atoms with Crippen molar-refractivity contribution >= 4 is 22.4 Å². The number of hydrogen-bond acceptors (Lipinski definition) is 5. The first-order valence-corrected chi connectivity index (χ1v) is 6.51. The summed E-state index contributed by atoms with van der Waals surface area (Å²) in [5, 5.41) is 13.7. The highest BCUT2D eigenvalue weighted by molar-refractivity contribution is 7.13. The summed E-state index contributed by atoms with van der Waals surface area (Å²) >= 11 is 1.32. The molecule has 0 aliphatic heterocycles. The van der Waals surface area contributed by atoms with Crippen LogP contribution >= 0.6 is 11.3 Å². The van der Waals surface area contributed by atoms with Gasteiger partial charge < -0.3 is 11.1 Å². The Labute approximate surface area is 114 Å². The molecule has 1 heterocycles. The van der Waals surface area contributed by atoms with Crippen molar-refractivity contribution in [2.75, 3.05) is 5.73 Å². The van der Waals surface area contributed by atoms with Gasteiger partial charge in [-0.25, -0.2) is 4.98 Å². The molecule has 0 aliphatic carbocycles. The van der Waals surface area contributed by atoms with Crippen molar-refractivity contribution in [1.82, 2.24) is 10.3 Å². The summed E-state index contributed by atoms with van der Waals surface area (Å²) < 4.78 is 0. The third kappa shape index (κ3) is 3.79. The molecular weight excluding hydrogens is 260 g/mol. The minimum atomic E-state index is -0.102. The average Bonchev–Trinajstić information content (AvgIpc) is 2.82. The van der Waals surface area contributed by atoms with E-state index in [1.807, 2.05) is 18.2 Å². The number of nitrogens with two attached hydrogens (primary N) is 1. The van der Waals surface area contributed by atoms with E-state index in [0.29, 0.717) is 22.9 Å². The Morgan fingerprint density at radius 1 is 1.42 bits per heavy atom. The number of nitriles is 1. The van der Waals surface area contributed by atoms with Crippen molar-refractivity contribution in [3.8, 4) is 6.07 Å². The van der Waals surface area contributed by atoms with Crippen LogP contribution in [0.15, 0.2) is 29.6 Å². The van der Waals surface area contributed by atoms with E-state index >= 15 is 0 Å². The molecule has 0 saturated heterocycles. The fourth-order valence-electron chi connectivity index (χ4n) is 1.53. The number of hydrogen-bond donors (Lipinski definition) is 2. The van der Waals surface area contributed by atoms with Crippen molar-refractivity contribution in [3.05, 3.63) is 46.5 Å². The third-order valence-electron chi connectivity index (χ3n) is 2.48. The Bertz CT molecular complexity index is 612. The number of nitrogens with one attached hydrogen (secondary N) is 1. The van der Waals surface area contributed by atoms with Gasteiger partial charge in [-0.2, -0.15) is 5.26 Å². The van der Waals surface area contributed by atoms with Crippen LogP contribution < -0.4 is 11.1 Å². The molecule has 1 aromatic carbocycles. The van der Waals surface area contributed by atoms with Gasteiger partial charge in [-0.3, -0.25) is 4.79 Å². The number of anilines is 1. The van der Waals surface area contributed by atoms with Crippen molar-refractivity contribution in [1.29, 1.82) is 5.26 Å². The second kappa shape index (κ2) is 5.98. The second-order valence-electron chi connectivity index (χ2n) is 3.94. The molecule has 2 aromatic rings. The van der Waals surface area contributed by atoms with E-state index in [0.717, 1.165) is 5.56 Å². The SMILES string of the molecule is N#Cc1ccc(CNC(=O)Cc2csc(N)n2)cc1. The molecule has 96 valence electrons. The lowest BCUT2D eigenvalue weighted by atomic mass is 10.1. The Hall–Kier alpha value is -2.39. The maximum atomic E-state index is 11.7. The molecule has 19 heavy (non-hydrogen) atoms. The minimum Gasteiger partial charge on any atom is -0.375 e. The van der Waals surface area contributed by atoms with Crippen LogP contribution in [0, 0.1) is 11.3 Å². The molecule has 6 heteroatoms. The van der Waals surface area contributed by atoms with Gasteiger partial charge >= 0.3 is 0 Å². The molecule has 1 amide bonds. The summed E-state index contributed by atoms with van der Waals surface area (Å²) in [6, 6.07) is 9.14. The lowest BCUT2D eigenvalue weighted by Crippen LogP contribution is -2.24. The predicted octanol–water partition coefficient (Wildman–Crippen LogP) is 1.46. The number of rotatable bonds is 4. The van der Waals surface area contributed by atoms with Crippen molar-refractivity contribution in [2.45, 2.75) is 13.0 Å². The number of thiazole rings is 1. The maximum Gasteiger partial charge on any atom is 0.226 e. The van der Waals surface area contributed by atoms with E-state index in [1.165, 1.54) is 11.3 Å². The lowest BCUT2D eigenvalue weighted by molar-refractivity contribution is -0.120. The van der Waals surface area contributed by atoms with Gasteiger partial charge in [-0.15, -0.1) is 11.3 Å². The van der Waals surface area contributed by atoms with Crippen LogP contribution in [0.2, 0.25) is 0 Å². The molecule has 2 rings (SSSR count). The summed E-state index contributed by atoms with van der Waals surface area (Å²) in [5.74, 6) is -0.102. The van der Waals surface area contributed by atoms with E-state index < -0.39 is 0 Å².